The van der Waals surface area contributed by atoms with Crippen LogP contribution in [0.15, 0.2) is 78.9 Å². The summed E-state index contributed by atoms with van der Waals surface area (Å²) in [6.45, 7) is 1.60. The van der Waals surface area contributed by atoms with Gasteiger partial charge in [-0.1, -0.05) is 54.6 Å². The molecule has 0 aromatic heterocycles. The molecule has 3 aromatic rings. The molecule has 0 spiro atoms. The lowest BCUT2D eigenvalue weighted by atomic mass is 9.87. The number of carbonyl (C=O) groups excluding carboxylic acids is 2. The van der Waals surface area contributed by atoms with Crippen LogP contribution in [0.25, 0.3) is 0 Å². The molecule has 1 saturated heterocycles. The fourth-order valence-electron chi connectivity index (χ4n) is 5.20. The smallest absolute Gasteiger partial charge is 0.253 e. The zero-order valence-corrected chi connectivity index (χ0v) is 19.4. The van der Waals surface area contributed by atoms with Gasteiger partial charge >= 0.3 is 0 Å². The highest BCUT2D eigenvalue weighted by molar-refractivity contribution is 6.00. The molecule has 34 heavy (non-hydrogen) atoms. The Morgan fingerprint density at radius 2 is 1.44 bits per heavy atom. The first-order valence-corrected chi connectivity index (χ1v) is 12.3. The maximum Gasteiger partial charge on any atom is 0.253 e. The van der Waals surface area contributed by atoms with E-state index in [-0.39, 0.29) is 23.9 Å². The van der Waals surface area contributed by atoms with E-state index in [0.29, 0.717) is 5.56 Å². The summed E-state index contributed by atoms with van der Waals surface area (Å²) in [4.78, 5) is 28.1. The minimum Gasteiger partial charge on any atom is -0.371 e. The Morgan fingerprint density at radius 3 is 2.26 bits per heavy atom. The average molecular weight is 454 g/mol. The molecule has 1 aliphatic carbocycles. The lowest BCUT2D eigenvalue weighted by Crippen LogP contribution is -2.45. The predicted molar refractivity (Wildman–Crippen MR) is 135 cm³/mol. The van der Waals surface area contributed by atoms with Crippen LogP contribution < -0.4 is 15.5 Å². The molecular weight excluding hydrogens is 422 g/mol. The summed E-state index contributed by atoms with van der Waals surface area (Å²) < 4.78 is 0. The number of piperidine rings is 1. The van der Waals surface area contributed by atoms with Crippen molar-refractivity contribution in [1.29, 1.82) is 0 Å². The molecule has 5 nitrogen and oxygen atoms in total. The number of benzene rings is 3. The second-order valence-electron chi connectivity index (χ2n) is 9.24. The lowest BCUT2D eigenvalue weighted by Gasteiger charge is -2.35. The molecule has 2 aliphatic rings. The van der Waals surface area contributed by atoms with Crippen molar-refractivity contribution in [3.63, 3.8) is 0 Å². The predicted octanol–water partition coefficient (Wildman–Crippen LogP) is 4.89. The second-order valence-corrected chi connectivity index (χ2v) is 9.24. The monoisotopic (exact) mass is 453 g/mol. The van der Waals surface area contributed by atoms with Gasteiger partial charge in [-0.2, -0.15) is 0 Å². The Morgan fingerprint density at radius 1 is 0.735 bits per heavy atom. The Hall–Kier alpha value is -3.60. The van der Waals surface area contributed by atoms with Crippen molar-refractivity contribution in [2.24, 2.45) is 0 Å². The van der Waals surface area contributed by atoms with Gasteiger partial charge in [0, 0.05) is 30.4 Å². The molecule has 2 N–H and O–H groups in total. The van der Waals surface area contributed by atoms with Crippen molar-refractivity contribution >= 4 is 17.5 Å². The Labute approximate surface area is 201 Å². The Balaban J connectivity index is 1.23. The number of hydrogen-bond donors (Lipinski definition) is 2. The largest absolute Gasteiger partial charge is 0.371 e. The Bertz CT molecular complexity index is 1150. The van der Waals surface area contributed by atoms with Crippen molar-refractivity contribution in [1.82, 2.24) is 10.6 Å². The summed E-state index contributed by atoms with van der Waals surface area (Å²) >= 11 is 0. The van der Waals surface area contributed by atoms with Crippen LogP contribution in [0.5, 0.6) is 0 Å². The van der Waals surface area contributed by atoms with Crippen molar-refractivity contribution in [2.75, 3.05) is 18.0 Å². The first kappa shape index (κ1) is 22.2. The van der Waals surface area contributed by atoms with Crippen LogP contribution in [0.4, 0.5) is 5.69 Å². The second kappa shape index (κ2) is 10.1. The number of fused-ring (bicyclic) bond motifs is 1. The molecule has 1 heterocycles. The number of nitrogens with zero attached hydrogens (tertiary/aromatic N) is 1. The van der Waals surface area contributed by atoms with E-state index in [4.69, 9.17) is 0 Å². The highest BCUT2D eigenvalue weighted by Crippen LogP contribution is 2.31. The minimum atomic E-state index is -0.0217. The topological polar surface area (TPSA) is 61.4 Å². The molecular formula is C29H31N3O2. The molecule has 1 unspecified atom stereocenters. The number of carbonyl (C=O) groups is 2. The third-order valence-electron chi connectivity index (χ3n) is 7.03. The number of aryl methyl sites for hydroxylation is 1. The van der Waals surface area contributed by atoms with Gasteiger partial charge < -0.3 is 15.5 Å². The quantitative estimate of drug-likeness (QED) is 0.578. The van der Waals surface area contributed by atoms with Crippen molar-refractivity contribution in [2.45, 2.75) is 44.2 Å². The number of hydrogen-bond acceptors (Lipinski definition) is 3. The van der Waals surface area contributed by atoms with Crippen LogP contribution in [0.3, 0.4) is 0 Å². The van der Waals surface area contributed by atoms with E-state index in [0.717, 1.165) is 56.4 Å². The fourth-order valence-corrected chi connectivity index (χ4v) is 5.20. The molecule has 174 valence electrons. The van der Waals surface area contributed by atoms with Crippen molar-refractivity contribution in [3.05, 3.63) is 101 Å². The van der Waals surface area contributed by atoms with Gasteiger partial charge in [0.25, 0.3) is 11.8 Å². The van der Waals surface area contributed by atoms with E-state index < -0.39 is 0 Å². The van der Waals surface area contributed by atoms with Gasteiger partial charge in [0.1, 0.15) is 0 Å². The van der Waals surface area contributed by atoms with Gasteiger partial charge in [-0.05, 0) is 67.5 Å². The standard InChI is InChI=1S/C29H31N3O2/c33-28(22-10-2-1-3-11-22)30-23-17-19-32(20-18-23)27-16-7-6-14-25(27)29(34)31-26-15-8-12-21-9-4-5-13-24(21)26/h1-7,9-11,13-14,16,23,26H,8,12,15,17-20H2,(H,30,33)(H,31,34). The molecule has 3 aromatic carbocycles. The molecule has 0 bridgehead atoms. The lowest BCUT2D eigenvalue weighted by molar-refractivity contribution is 0.0926. The van der Waals surface area contributed by atoms with E-state index in [2.05, 4.69) is 39.8 Å². The van der Waals surface area contributed by atoms with Crippen LogP contribution >= 0.6 is 0 Å². The van der Waals surface area contributed by atoms with Crippen molar-refractivity contribution in [3.8, 4) is 0 Å². The van der Waals surface area contributed by atoms with Gasteiger partial charge in [-0.15, -0.1) is 0 Å². The van der Waals surface area contributed by atoms with E-state index in [1.54, 1.807) is 0 Å². The van der Waals surface area contributed by atoms with E-state index in [1.807, 2.05) is 54.6 Å². The number of amides is 2. The van der Waals surface area contributed by atoms with Gasteiger partial charge in [0.15, 0.2) is 0 Å². The van der Waals surface area contributed by atoms with Gasteiger partial charge in [-0.3, -0.25) is 9.59 Å². The molecule has 2 amide bonds. The normalized spacial score (nSPS) is 18.1. The number of para-hydroxylation sites is 1. The molecule has 5 heteroatoms. The number of nitrogens with one attached hydrogen (secondary N) is 2. The zero-order chi connectivity index (χ0) is 23.3. The fraction of sp³-hybridized carbons (Fsp3) is 0.310. The van der Waals surface area contributed by atoms with E-state index in [9.17, 15) is 9.59 Å². The van der Waals surface area contributed by atoms with Crippen LogP contribution in [0.1, 0.15) is 63.6 Å². The van der Waals surface area contributed by atoms with Gasteiger partial charge in [-0.25, -0.2) is 0 Å². The van der Waals surface area contributed by atoms with Gasteiger partial charge in [0.2, 0.25) is 0 Å². The summed E-state index contributed by atoms with van der Waals surface area (Å²) in [5.41, 5.74) is 4.96. The van der Waals surface area contributed by atoms with Crippen LogP contribution in [-0.4, -0.2) is 30.9 Å². The SMILES string of the molecule is O=C(NC1CCN(c2ccccc2C(=O)NC2CCCc3ccccc32)CC1)c1ccccc1. The van der Waals surface area contributed by atoms with E-state index >= 15 is 0 Å². The maximum absolute atomic E-state index is 13.4. The van der Waals surface area contributed by atoms with E-state index in [1.165, 1.54) is 11.1 Å². The third kappa shape index (κ3) is 4.84. The highest BCUT2D eigenvalue weighted by Gasteiger charge is 2.26. The van der Waals surface area contributed by atoms with Crippen molar-refractivity contribution < 1.29 is 9.59 Å². The molecule has 0 radical (unpaired) electrons. The van der Waals surface area contributed by atoms with Crippen LogP contribution in [0, 0.1) is 0 Å². The molecule has 1 fully saturated rings. The Kier molecular flexibility index (Phi) is 6.61. The number of rotatable bonds is 5. The maximum atomic E-state index is 13.4. The van der Waals surface area contributed by atoms with Crippen LogP contribution in [-0.2, 0) is 6.42 Å². The molecule has 1 atom stereocenters. The zero-order valence-electron chi connectivity index (χ0n) is 19.4. The first-order chi connectivity index (χ1) is 16.7. The number of anilines is 1. The average Bonchev–Trinajstić information content (AvgIpc) is 2.90. The molecule has 1 aliphatic heterocycles. The summed E-state index contributed by atoms with van der Waals surface area (Å²) in [5.74, 6) is -0.0385. The minimum absolute atomic E-state index is 0.0168. The summed E-state index contributed by atoms with van der Waals surface area (Å²) in [6, 6.07) is 25.9. The highest BCUT2D eigenvalue weighted by atomic mass is 16.2. The third-order valence-corrected chi connectivity index (χ3v) is 7.03. The molecule has 0 saturated carbocycles. The molecule has 5 rings (SSSR count). The first-order valence-electron chi connectivity index (χ1n) is 12.3. The summed E-state index contributed by atoms with van der Waals surface area (Å²) in [7, 11) is 0. The van der Waals surface area contributed by atoms with Crippen LogP contribution in [0.2, 0.25) is 0 Å². The van der Waals surface area contributed by atoms with Gasteiger partial charge in [0.05, 0.1) is 11.6 Å². The summed E-state index contributed by atoms with van der Waals surface area (Å²) in [6.07, 6.45) is 4.84. The summed E-state index contributed by atoms with van der Waals surface area (Å²) in [5, 5.41) is 6.46.